The number of nitrogens with one attached hydrogen (secondary N) is 1. The van der Waals surface area contributed by atoms with E-state index in [-0.39, 0.29) is 5.82 Å². The second-order valence-electron chi connectivity index (χ2n) is 5.92. The number of hydrogen-bond donors (Lipinski definition) is 1. The van der Waals surface area contributed by atoms with E-state index in [0.717, 1.165) is 24.3 Å². The molecule has 1 aliphatic heterocycles. The molecule has 112 valence electrons. The molecule has 0 spiro atoms. The Morgan fingerprint density at radius 3 is 2.95 bits per heavy atom. The van der Waals surface area contributed by atoms with Gasteiger partial charge in [-0.15, -0.1) is 0 Å². The molecule has 0 aromatic carbocycles. The number of anilines is 1. The second-order valence-corrected chi connectivity index (χ2v) is 5.92. The summed E-state index contributed by atoms with van der Waals surface area (Å²) in [6.45, 7) is 8.12. The minimum atomic E-state index is -0.251. The average molecular weight is 279 g/mol. The fourth-order valence-electron chi connectivity index (χ4n) is 2.88. The smallest absolute Gasteiger partial charge is 0.141 e. The summed E-state index contributed by atoms with van der Waals surface area (Å²) < 4.78 is 13.5. The maximum absolute atomic E-state index is 13.5. The second kappa shape index (κ2) is 7.02. The van der Waals surface area contributed by atoms with Crippen LogP contribution in [0.2, 0.25) is 0 Å². The lowest BCUT2D eigenvalue weighted by Crippen LogP contribution is -2.40. The fraction of sp³-hybridized carbons (Fsp3) is 0.688. The van der Waals surface area contributed by atoms with Crippen molar-refractivity contribution in [2.24, 2.45) is 0 Å². The van der Waals surface area contributed by atoms with E-state index in [4.69, 9.17) is 0 Å². The molecule has 2 heterocycles. The quantitative estimate of drug-likeness (QED) is 0.894. The molecular weight excluding hydrogens is 253 g/mol. The Balaban J connectivity index is 2.24. The van der Waals surface area contributed by atoms with E-state index < -0.39 is 0 Å². The van der Waals surface area contributed by atoms with Crippen molar-refractivity contribution in [2.45, 2.75) is 65.1 Å². The lowest BCUT2D eigenvalue weighted by atomic mass is 9.99. The lowest BCUT2D eigenvalue weighted by Gasteiger charge is -2.37. The summed E-state index contributed by atoms with van der Waals surface area (Å²) in [5, 5.41) is 3.37. The molecule has 1 aromatic rings. The molecule has 2 rings (SSSR count). The average Bonchev–Trinajstić information content (AvgIpc) is 2.45. The van der Waals surface area contributed by atoms with Gasteiger partial charge in [0.2, 0.25) is 0 Å². The highest BCUT2D eigenvalue weighted by Crippen LogP contribution is 2.28. The summed E-state index contributed by atoms with van der Waals surface area (Å²) in [6, 6.07) is 2.55. The number of halogens is 1. The highest BCUT2D eigenvalue weighted by molar-refractivity contribution is 5.48. The molecule has 1 N–H and O–H groups in total. The Kier molecular flexibility index (Phi) is 5.35. The normalized spacial score (nSPS) is 19.6. The summed E-state index contributed by atoms with van der Waals surface area (Å²) >= 11 is 0. The fourth-order valence-corrected chi connectivity index (χ4v) is 2.88. The van der Waals surface area contributed by atoms with Crippen LogP contribution in [0.4, 0.5) is 10.2 Å². The summed E-state index contributed by atoms with van der Waals surface area (Å²) in [5.74, 6) is 0.713. The van der Waals surface area contributed by atoms with Crippen LogP contribution in [0, 0.1) is 5.82 Å². The third-order valence-corrected chi connectivity index (χ3v) is 3.98. The van der Waals surface area contributed by atoms with Crippen molar-refractivity contribution in [3.8, 4) is 0 Å². The standard InChI is InChI=1S/C16H26FN3/c1-4-15-7-5-6-8-20(15)16-13(10-18-12(2)3)9-14(17)11-19-16/h9,11-12,15,18H,4-8,10H2,1-3H3. The number of piperidine rings is 1. The predicted octanol–water partition coefficient (Wildman–Crippen LogP) is 3.49. The van der Waals surface area contributed by atoms with E-state index in [2.05, 4.69) is 36.0 Å². The maximum atomic E-state index is 13.5. The molecule has 4 heteroatoms. The summed E-state index contributed by atoms with van der Waals surface area (Å²) in [7, 11) is 0. The van der Waals surface area contributed by atoms with Crippen LogP contribution >= 0.6 is 0 Å². The van der Waals surface area contributed by atoms with Crippen LogP contribution in [0.3, 0.4) is 0 Å². The molecule has 0 bridgehead atoms. The van der Waals surface area contributed by atoms with Crippen LogP contribution < -0.4 is 10.2 Å². The molecule has 0 aliphatic carbocycles. The van der Waals surface area contributed by atoms with Crippen LogP contribution in [0.1, 0.15) is 52.0 Å². The van der Waals surface area contributed by atoms with Crippen molar-refractivity contribution >= 4 is 5.82 Å². The molecule has 0 saturated carbocycles. The summed E-state index contributed by atoms with van der Waals surface area (Å²) in [6.07, 6.45) is 6.17. The molecule has 0 amide bonds. The van der Waals surface area contributed by atoms with Gasteiger partial charge in [0, 0.05) is 30.7 Å². The summed E-state index contributed by atoms with van der Waals surface area (Å²) in [5.41, 5.74) is 0.971. The van der Waals surface area contributed by atoms with Gasteiger partial charge in [-0.1, -0.05) is 20.8 Å². The monoisotopic (exact) mass is 279 g/mol. The Labute approximate surface area is 121 Å². The first-order valence-electron chi connectivity index (χ1n) is 7.76. The lowest BCUT2D eigenvalue weighted by molar-refractivity contribution is 0.444. The van der Waals surface area contributed by atoms with Crippen molar-refractivity contribution in [1.29, 1.82) is 0 Å². The molecule has 1 aromatic heterocycles. The van der Waals surface area contributed by atoms with Gasteiger partial charge in [-0.05, 0) is 31.7 Å². The van der Waals surface area contributed by atoms with Crippen molar-refractivity contribution in [2.75, 3.05) is 11.4 Å². The highest BCUT2D eigenvalue weighted by atomic mass is 19.1. The minimum Gasteiger partial charge on any atom is -0.353 e. The number of nitrogens with zero attached hydrogens (tertiary/aromatic N) is 2. The molecule has 1 aliphatic rings. The SMILES string of the molecule is CCC1CCCCN1c1ncc(F)cc1CNC(C)C. The van der Waals surface area contributed by atoms with Crippen LogP contribution in [0.25, 0.3) is 0 Å². The topological polar surface area (TPSA) is 28.2 Å². The van der Waals surface area contributed by atoms with Gasteiger partial charge < -0.3 is 10.2 Å². The zero-order valence-corrected chi connectivity index (χ0v) is 12.8. The molecule has 3 nitrogen and oxygen atoms in total. The number of aromatic nitrogens is 1. The van der Waals surface area contributed by atoms with Gasteiger partial charge in [0.25, 0.3) is 0 Å². The van der Waals surface area contributed by atoms with Crippen molar-refractivity contribution in [3.63, 3.8) is 0 Å². The number of pyridine rings is 1. The van der Waals surface area contributed by atoms with E-state index in [1.807, 2.05) is 0 Å². The molecule has 1 fully saturated rings. The molecule has 20 heavy (non-hydrogen) atoms. The van der Waals surface area contributed by atoms with Gasteiger partial charge in [0.15, 0.2) is 0 Å². The van der Waals surface area contributed by atoms with Crippen LogP contribution in [-0.4, -0.2) is 23.6 Å². The first-order valence-corrected chi connectivity index (χ1v) is 7.76. The Morgan fingerprint density at radius 2 is 2.25 bits per heavy atom. The Hall–Kier alpha value is -1.16. The van der Waals surface area contributed by atoms with E-state index >= 15 is 0 Å². The number of rotatable bonds is 5. The zero-order chi connectivity index (χ0) is 14.5. The van der Waals surface area contributed by atoms with E-state index in [1.165, 1.54) is 25.5 Å². The third-order valence-electron chi connectivity index (χ3n) is 3.98. The van der Waals surface area contributed by atoms with Gasteiger partial charge in [-0.2, -0.15) is 0 Å². The summed E-state index contributed by atoms with van der Waals surface area (Å²) in [4.78, 5) is 6.76. The minimum absolute atomic E-state index is 0.251. The largest absolute Gasteiger partial charge is 0.353 e. The Morgan fingerprint density at radius 1 is 1.45 bits per heavy atom. The molecule has 0 radical (unpaired) electrons. The van der Waals surface area contributed by atoms with Crippen LogP contribution in [-0.2, 0) is 6.54 Å². The molecular formula is C16H26FN3. The van der Waals surface area contributed by atoms with Gasteiger partial charge in [-0.25, -0.2) is 9.37 Å². The van der Waals surface area contributed by atoms with E-state index in [1.54, 1.807) is 6.07 Å². The maximum Gasteiger partial charge on any atom is 0.141 e. The zero-order valence-electron chi connectivity index (χ0n) is 12.8. The van der Waals surface area contributed by atoms with Gasteiger partial charge in [0.05, 0.1) is 6.20 Å². The highest BCUT2D eigenvalue weighted by Gasteiger charge is 2.24. The molecule has 1 saturated heterocycles. The predicted molar refractivity (Wildman–Crippen MR) is 81.4 cm³/mol. The van der Waals surface area contributed by atoms with Gasteiger partial charge in [-0.3, -0.25) is 0 Å². The molecule has 1 unspecified atom stereocenters. The van der Waals surface area contributed by atoms with Gasteiger partial charge >= 0.3 is 0 Å². The third kappa shape index (κ3) is 3.69. The molecule has 1 atom stereocenters. The number of hydrogen-bond acceptors (Lipinski definition) is 3. The first kappa shape index (κ1) is 15.2. The van der Waals surface area contributed by atoms with Crippen LogP contribution in [0.5, 0.6) is 0 Å². The van der Waals surface area contributed by atoms with Crippen molar-refractivity contribution < 1.29 is 4.39 Å². The Bertz CT molecular complexity index is 434. The van der Waals surface area contributed by atoms with Gasteiger partial charge in [0.1, 0.15) is 11.6 Å². The van der Waals surface area contributed by atoms with Crippen molar-refractivity contribution in [1.82, 2.24) is 10.3 Å². The van der Waals surface area contributed by atoms with E-state index in [9.17, 15) is 4.39 Å². The van der Waals surface area contributed by atoms with E-state index in [0.29, 0.717) is 18.6 Å². The van der Waals surface area contributed by atoms with Crippen molar-refractivity contribution in [3.05, 3.63) is 23.6 Å². The van der Waals surface area contributed by atoms with Crippen LogP contribution in [0.15, 0.2) is 12.3 Å². The first-order chi connectivity index (χ1) is 9.61.